The Bertz CT molecular complexity index is 781. The maximum absolute atomic E-state index is 11.9. The molecule has 0 aliphatic carbocycles. The van der Waals surface area contributed by atoms with Crippen molar-refractivity contribution < 1.29 is 4.79 Å². The fraction of sp³-hybridized carbons (Fsp3) is 0.381. The molecule has 1 aliphatic heterocycles. The van der Waals surface area contributed by atoms with Crippen LogP contribution >= 0.6 is 24.0 Å². The third-order valence-corrected chi connectivity index (χ3v) is 4.72. The number of pyridine rings is 1. The number of likely N-dealkylation sites (tertiary alicyclic amines) is 1. The Morgan fingerprint density at radius 1 is 1.14 bits per heavy atom. The van der Waals surface area contributed by atoms with E-state index in [-0.39, 0.29) is 29.9 Å². The van der Waals surface area contributed by atoms with Crippen LogP contribution in [0.3, 0.4) is 0 Å². The second-order valence-corrected chi connectivity index (χ2v) is 6.61. The van der Waals surface area contributed by atoms with Crippen LogP contribution in [0.1, 0.15) is 29.7 Å². The molecule has 7 heteroatoms. The molecule has 28 heavy (non-hydrogen) atoms. The molecule has 2 N–H and O–H groups in total. The van der Waals surface area contributed by atoms with Crippen LogP contribution in [0, 0.1) is 0 Å². The monoisotopic (exact) mass is 493 g/mol. The average molecular weight is 493 g/mol. The molecular formula is C21H28IN5O. The van der Waals surface area contributed by atoms with E-state index in [0.29, 0.717) is 19.5 Å². The van der Waals surface area contributed by atoms with Crippen molar-refractivity contribution in [3.05, 3.63) is 65.5 Å². The predicted molar refractivity (Wildman–Crippen MR) is 123 cm³/mol. The molecule has 1 fully saturated rings. The fourth-order valence-electron chi connectivity index (χ4n) is 3.22. The zero-order valence-electron chi connectivity index (χ0n) is 16.2. The first-order chi connectivity index (χ1) is 13.3. The molecule has 3 rings (SSSR count). The summed E-state index contributed by atoms with van der Waals surface area (Å²) in [7, 11) is 1.77. The summed E-state index contributed by atoms with van der Waals surface area (Å²) < 4.78 is 0. The van der Waals surface area contributed by atoms with Gasteiger partial charge in [0.25, 0.3) is 0 Å². The van der Waals surface area contributed by atoms with E-state index in [2.05, 4.69) is 32.7 Å². The lowest BCUT2D eigenvalue weighted by atomic mass is 10.1. The summed E-state index contributed by atoms with van der Waals surface area (Å²) in [4.78, 5) is 22.5. The van der Waals surface area contributed by atoms with E-state index in [1.54, 1.807) is 7.05 Å². The van der Waals surface area contributed by atoms with E-state index in [1.165, 1.54) is 11.1 Å². The minimum Gasteiger partial charge on any atom is -0.356 e. The summed E-state index contributed by atoms with van der Waals surface area (Å²) >= 11 is 0. The summed E-state index contributed by atoms with van der Waals surface area (Å²) in [6.45, 7) is 2.97. The van der Waals surface area contributed by atoms with Crippen molar-refractivity contribution in [2.75, 3.05) is 20.1 Å². The minimum atomic E-state index is 0. The Morgan fingerprint density at radius 3 is 2.61 bits per heavy atom. The highest BCUT2D eigenvalue weighted by molar-refractivity contribution is 14.0. The number of carbonyl (C=O) groups excluding carboxylic acids is 1. The zero-order chi connectivity index (χ0) is 18.9. The second-order valence-electron chi connectivity index (χ2n) is 6.61. The molecule has 2 aromatic rings. The molecule has 0 bridgehead atoms. The van der Waals surface area contributed by atoms with Crippen LogP contribution in [0.4, 0.5) is 0 Å². The number of amides is 1. The molecule has 1 amide bonds. The summed E-state index contributed by atoms with van der Waals surface area (Å²) in [5, 5.41) is 6.69. The first-order valence-corrected chi connectivity index (χ1v) is 9.45. The normalized spacial score (nSPS) is 14.0. The lowest BCUT2D eigenvalue weighted by Gasteiger charge is -2.19. The first kappa shape index (κ1) is 22.1. The highest BCUT2D eigenvalue weighted by atomic mass is 127. The van der Waals surface area contributed by atoms with Crippen LogP contribution in [-0.2, 0) is 24.3 Å². The SMILES string of the molecule is CN=C(NCCc1ccccn1)NCc1ccccc1CN1CCCC1=O.I. The number of aliphatic imine (C=N–C) groups is 1. The van der Waals surface area contributed by atoms with Crippen LogP contribution in [-0.4, -0.2) is 41.9 Å². The topological polar surface area (TPSA) is 69.6 Å². The van der Waals surface area contributed by atoms with Crippen molar-refractivity contribution in [1.82, 2.24) is 20.5 Å². The average Bonchev–Trinajstić information content (AvgIpc) is 3.11. The molecule has 0 spiro atoms. The lowest BCUT2D eigenvalue weighted by molar-refractivity contribution is -0.128. The summed E-state index contributed by atoms with van der Waals surface area (Å²) in [6, 6.07) is 14.2. The van der Waals surface area contributed by atoms with Gasteiger partial charge in [-0.05, 0) is 29.7 Å². The number of hydrogen-bond donors (Lipinski definition) is 2. The first-order valence-electron chi connectivity index (χ1n) is 9.45. The van der Waals surface area contributed by atoms with Gasteiger partial charge >= 0.3 is 0 Å². The molecule has 1 aromatic carbocycles. The summed E-state index contributed by atoms with van der Waals surface area (Å²) in [6.07, 6.45) is 4.29. The van der Waals surface area contributed by atoms with Crippen molar-refractivity contribution in [2.24, 2.45) is 4.99 Å². The number of benzene rings is 1. The van der Waals surface area contributed by atoms with E-state index in [9.17, 15) is 4.79 Å². The van der Waals surface area contributed by atoms with Gasteiger partial charge in [0.1, 0.15) is 0 Å². The standard InChI is InChI=1S/C21H27N5O.HI/c1-22-21(24-13-11-19-9-4-5-12-23-19)25-15-17-7-2-3-8-18(17)16-26-14-6-10-20(26)27;/h2-5,7-9,12H,6,10-11,13-16H2,1H3,(H2,22,24,25);1H. The molecule has 150 valence electrons. The quantitative estimate of drug-likeness (QED) is 0.354. The maximum Gasteiger partial charge on any atom is 0.222 e. The van der Waals surface area contributed by atoms with Crippen LogP contribution < -0.4 is 10.6 Å². The summed E-state index contributed by atoms with van der Waals surface area (Å²) in [5.74, 6) is 1.02. The van der Waals surface area contributed by atoms with Gasteiger partial charge in [-0.1, -0.05) is 30.3 Å². The van der Waals surface area contributed by atoms with Crippen LogP contribution in [0.25, 0.3) is 0 Å². The number of aromatic nitrogens is 1. The van der Waals surface area contributed by atoms with E-state index < -0.39 is 0 Å². The van der Waals surface area contributed by atoms with Gasteiger partial charge in [0.2, 0.25) is 5.91 Å². The van der Waals surface area contributed by atoms with Gasteiger partial charge in [0.15, 0.2) is 5.96 Å². The van der Waals surface area contributed by atoms with Crippen molar-refractivity contribution in [3.63, 3.8) is 0 Å². The van der Waals surface area contributed by atoms with E-state index >= 15 is 0 Å². The molecule has 0 atom stereocenters. The Balaban J connectivity index is 0.00000280. The number of hydrogen-bond acceptors (Lipinski definition) is 3. The van der Waals surface area contributed by atoms with Crippen LogP contribution in [0.2, 0.25) is 0 Å². The molecule has 1 saturated heterocycles. The third kappa shape index (κ3) is 6.47. The molecule has 2 heterocycles. The molecule has 6 nitrogen and oxygen atoms in total. The van der Waals surface area contributed by atoms with Crippen molar-refractivity contribution >= 4 is 35.8 Å². The van der Waals surface area contributed by atoms with E-state index in [4.69, 9.17) is 0 Å². The van der Waals surface area contributed by atoms with Gasteiger partial charge in [-0.25, -0.2) is 0 Å². The fourth-order valence-corrected chi connectivity index (χ4v) is 3.22. The Kier molecular flexibility index (Phi) is 9.19. The van der Waals surface area contributed by atoms with Gasteiger partial charge in [-0.15, -0.1) is 24.0 Å². The third-order valence-electron chi connectivity index (χ3n) is 4.72. The summed E-state index contributed by atoms with van der Waals surface area (Å²) in [5.41, 5.74) is 3.43. The molecule has 0 radical (unpaired) electrons. The second kappa shape index (κ2) is 11.6. The molecular weight excluding hydrogens is 465 g/mol. The Morgan fingerprint density at radius 2 is 1.93 bits per heavy atom. The number of guanidine groups is 1. The number of halogens is 1. The van der Waals surface area contributed by atoms with Crippen molar-refractivity contribution in [1.29, 1.82) is 0 Å². The van der Waals surface area contributed by atoms with Crippen LogP contribution in [0.5, 0.6) is 0 Å². The number of carbonyl (C=O) groups is 1. The zero-order valence-corrected chi connectivity index (χ0v) is 18.6. The Labute approximate surface area is 183 Å². The highest BCUT2D eigenvalue weighted by Crippen LogP contribution is 2.17. The van der Waals surface area contributed by atoms with Gasteiger partial charge in [0.05, 0.1) is 0 Å². The van der Waals surface area contributed by atoms with Gasteiger partial charge < -0.3 is 15.5 Å². The Hall–Kier alpha value is -2.16. The maximum atomic E-state index is 11.9. The van der Waals surface area contributed by atoms with Crippen LogP contribution in [0.15, 0.2) is 53.7 Å². The van der Waals surface area contributed by atoms with Crippen molar-refractivity contribution in [3.8, 4) is 0 Å². The molecule has 0 unspecified atom stereocenters. The highest BCUT2D eigenvalue weighted by Gasteiger charge is 2.20. The van der Waals surface area contributed by atoms with E-state index in [1.807, 2.05) is 41.4 Å². The molecule has 1 aliphatic rings. The number of rotatable bonds is 7. The largest absolute Gasteiger partial charge is 0.356 e. The number of nitrogens with zero attached hydrogens (tertiary/aromatic N) is 3. The van der Waals surface area contributed by atoms with Gasteiger partial charge in [-0.3, -0.25) is 14.8 Å². The van der Waals surface area contributed by atoms with E-state index in [0.717, 1.165) is 37.6 Å². The molecule has 1 aromatic heterocycles. The predicted octanol–water partition coefficient (Wildman–Crippen LogP) is 2.73. The minimum absolute atomic E-state index is 0. The van der Waals surface area contributed by atoms with Crippen molar-refractivity contribution in [2.45, 2.75) is 32.4 Å². The molecule has 0 saturated carbocycles. The number of nitrogens with one attached hydrogen (secondary N) is 2. The lowest BCUT2D eigenvalue weighted by Crippen LogP contribution is -2.38. The smallest absolute Gasteiger partial charge is 0.222 e. The van der Waals surface area contributed by atoms with Gasteiger partial charge in [0, 0.05) is 58.0 Å². The van der Waals surface area contributed by atoms with Gasteiger partial charge in [-0.2, -0.15) is 0 Å².